The predicted octanol–water partition coefficient (Wildman–Crippen LogP) is 5.18. The van der Waals surface area contributed by atoms with Crippen LogP contribution in [0.25, 0.3) is 0 Å². The molecule has 5 nitrogen and oxygen atoms in total. The van der Waals surface area contributed by atoms with Gasteiger partial charge in [0.25, 0.3) is 0 Å². The van der Waals surface area contributed by atoms with Gasteiger partial charge in [-0.05, 0) is 92.3 Å². The Kier molecular flexibility index (Phi) is 5.40. The summed E-state index contributed by atoms with van der Waals surface area (Å²) < 4.78 is 0. The summed E-state index contributed by atoms with van der Waals surface area (Å²) in [5.74, 6) is -0.595. The summed E-state index contributed by atoms with van der Waals surface area (Å²) in [4.78, 5) is 12.8. The molecule has 0 aromatic heterocycles. The molecule has 0 amide bonds. The number of hydrogen-bond donors (Lipinski definition) is 4. The molecule has 11 atom stereocenters. The first-order valence-electron chi connectivity index (χ1n) is 14.0. The van der Waals surface area contributed by atoms with Crippen LogP contribution in [0.5, 0.6) is 0 Å². The Morgan fingerprint density at radius 3 is 2.23 bits per heavy atom. The molecule has 0 unspecified atom stereocenters. The second kappa shape index (κ2) is 7.35. The second-order valence-corrected chi connectivity index (χ2v) is 14.9. The van der Waals surface area contributed by atoms with E-state index in [4.69, 9.17) is 0 Å². The molecule has 4 fully saturated rings. The summed E-state index contributed by atoms with van der Waals surface area (Å²) in [5.41, 5.74) is -1.67. The molecule has 4 saturated carbocycles. The number of carboxylic acids is 1. The van der Waals surface area contributed by atoms with Gasteiger partial charge in [0.05, 0.1) is 23.2 Å². The molecular weight excluding hydrogens is 440 g/mol. The van der Waals surface area contributed by atoms with E-state index in [9.17, 15) is 25.2 Å². The smallest absolute Gasteiger partial charge is 0.310 e. The van der Waals surface area contributed by atoms with Crippen LogP contribution < -0.4 is 0 Å². The highest BCUT2D eigenvalue weighted by atomic mass is 16.4. The standard InChI is InChI=1S/C30H48O5/c1-17-10-13-30(24(33)34)15-14-26(4)18(22(30)29(17,7)35)8-9-21-27(26,5)12-11-20-25(2,3)16-19(31)23(32)28(20,21)6/h8,17,19-23,31-32,35H,9-16H2,1-7H3,(H,33,34)/t17-,19-,20+,21+,22-,23-,26-,27-,28+,29-,30+/m1/s1. The Morgan fingerprint density at radius 2 is 1.60 bits per heavy atom. The van der Waals surface area contributed by atoms with E-state index in [2.05, 4.69) is 47.6 Å². The molecule has 5 aliphatic rings. The van der Waals surface area contributed by atoms with Crippen molar-refractivity contribution in [3.63, 3.8) is 0 Å². The van der Waals surface area contributed by atoms with Gasteiger partial charge >= 0.3 is 5.97 Å². The lowest BCUT2D eigenvalue weighted by Gasteiger charge is -2.72. The van der Waals surface area contributed by atoms with Crippen molar-refractivity contribution in [3.05, 3.63) is 11.6 Å². The van der Waals surface area contributed by atoms with E-state index in [1.807, 2.05) is 6.92 Å². The highest BCUT2D eigenvalue weighted by Crippen LogP contribution is 2.76. The normalized spacial score (nSPS) is 57.1. The van der Waals surface area contributed by atoms with E-state index in [0.29, 0.717) is 25.2 Å². The fourth-order valence-corrected chi connectivity index (χ4v) is 11.0. The average molecular weight is 489 g/mol. The number of aliphatic carboxylic acids is 1. The van der Waals surface area contributed by atoms with Crippen molar-refractivity contribution in [2.45, 2.75) is 118 Å². The van der Waals surface area contributed by atoms with E-state index in [-0.39, 0.29) is 28.1 Å². The maximum Gasteiger partial charge on any atom is 0.310 e. The molecule has 35 heavy (non-hydrogen) atoms. The molecule has 5 aliphatic carbocycles. The van der Waals surface area contributed by atoms with Crippen LogP contribution in [0.2, 0.25) is 0 Å². The monoisotopic (exact) mass is 488 g/mol. The summed E-state index contributed by atoms with van der Waals surface area (Å²) in [6.45, 7) is 15.4. The minimum absolute atomic E-state index is 0.0399. The fourth-order valence-electron chi connectivity index (χ4n) is 11.0. The van der Waals surface area contributed by atoms with Crippen LogP contribution in [0, 0.1) is 50.7 Å². The Hall–Kier alpha value is -0.910. The number of carbonyl (C=O) groups is 1. The minimum Gasteiger partial charge on any atom is -0.481 e. The maximum absolute atomic E-state index is 12.8. The highest BCUT2D eigenvalue weighted by molar-refractivity contribution is 5.77. The SMILES string of the molecule is C[C@@H]1CC[C@]2(C(=O)O)CC[C@]3(C)C(=CC[C@@H]4[C@@]5(C)[C@H](O)[C@H](O)CC(C)(C)[C@@H]5CC[C@]43C)[C@@H]2[C@]1(C)O. The third kappa shape index (κ3) is 2.90. The molecule has 0 spiro atoms. The van der Waals surface area contributed by atoms with Crippen molar-refractivity contribution in [2.24, 2.45) is 50.7 Å². The molecule has 5 rings (SSSR count). The van der Waals surface area contributed by atoms with Crippen LogP contribution in [0.15, 0.2) is 11.6 Å². The lowest BCUT2D eigenvalue weighted by Crippen LogP contribution is -2.70. The Balaban J connectivity index is 1.67. The van der Waals surface area contributed by atoms with Gasteiger partial charge in [0.15, 0.2) is 0 Å². The Bertz CT molecular complexity index is 952. The van der Waals surface area contributed by atoms with Crippen LogP contribution in [-0.2, 0) is 4.79 Å². The number of allylic oxidation sites excluding steroid dienone is 1. The van der Waals surface area contributed by atoms with Crippen molar-refractivity contribution < 1.29 is 25.2 Å². The van der Waals surface area contributed by atoms with Gasteiger partial charge in [0.2, 0.25) is 0 Å². The number of fused-ring (bicyclic) bond motifs is 7. The van der Waals surface area contributed by atoms with Gasteiger partial charge < -0.3 is 20.4 Å². The quantitative estimate of drug-likeness (QED) is 0.382. The van der Waals surface area contributed by atoms with Gasteiger partial charge in [0.1, 0.15) is 0 Å². The predicted molar refractivity (Wildman–Crippen MR) is 135 cm³/mol. The summed E-state index contributed by atoms with van der Waals surface area (Å²) >= 11 is 0. The topological polar surface area (TPSA) is 98.0 Å². The zero-order chi connectivity index (χ0) is 26.0. The summed E-state index contributed by atoms with van der Waals surface area (Å²) in [6.07, 6.45) is 6.97. The van der Waals surface area contributed by atoms with Crippen molar-refractivity contribution in [2.75, 3.05) is 0 Å². The Labute approximate surface area is 211 Å². The van der Waals surface area contributed by atoms with Gasteiger partial charge in [-0.2, -0.15) is 0 Å². The molecule has 5 heteroatoms. The minimum atomic E-state index is -1.07. The van der Waals surface area contributed by atoms with E-state index < -0.39 is 40.5 Å². The van der Waals surface area contributed by atoms with Gasteiger partial charge in [-0.3, -0.25) is 4.79 Å². The number of carboxylic acid groups (broad SMARTS) is 1. The molecule has 0 saturated heterocycles. The number of aliphatic hydroxyl groups excluding tert-OH is 2. The van der Waals surface area contributed by atoms with Gasteiger partial charge in [0, 0.05) is 11.3 Å². The zero-order valence-corrected chi connectivity index (χ0v) is 22.9. The van der Waals surface area contributed by atoms with Crippen molar-refractivity contribution >= 4 is 5.97 Å². The summed E-state index contributed by atoms with van der Waals surface area (Å²) in [6, 6.07) is 0. The zero-order valence-electron chi connectivity index (χ0n) is 22.9. The third-order valence-electron chi connectivity index (χ3n) is 13.3. The van der Waals surface area contributed by atoms with Crippen LogP contribution in [-0.4, -0.2) is 44.2 Å². The van der Waals surface area contributed by atoms with Gasteiger partial charge in [-0.1, -0.05) is 53.2 Å². The number of hydrogen-bond acceptors (Lipinski definition) is 4. The van der Waals surface area contributed by atoms with Crippen LogP contribution in [0.4, 0.5) is 0 Å². The molecule has 0 radical (unpaired) electrons. The molecule has 0 bridgehead atoms. The Morgan fingerprint density at radius 1 is 0.943 bits per heavy atom. The van der Waals surface area contributed by atoms with E-state index in [0.717, 1.165) is 37.7 Å². The molecule has 0 aliphatic heterocycles. The molecule has 4 N–H and O–H groups in total. The van der Waals surface area contributed by atoms with Crippen LogP contribution in [0.3, 0.4) is 0 Å². The van der Waals surface area contributed by atoms with Crippen LogP contribution >= 0.6 is 0 Å². The molecule has 198 valence electrons. The van der Waals surface area contributed by atoms with Crippen molar-refractivity contribution in [1.29, 1.82) is 0 Å². The van der Waals surface area contributed by atoms with E-state index in [1.165, 1.54) is 0 Å². The van der Waals surface area contributed by atoms with E-state index in [1.54, 1.807) is 0 Å². The largest absolute Gasteiger partial charge is 0.481 e. The fraction of sp³-hybridized carbons (Fsp3) is 0.900. The van der Waals surface area contributed by atoms with Crippen molar-refractivity contribution in [1.82, 2.24) is 0 Å². The first kappa shape index (κ1) is 25.7. The lowest BCUT2D eigenvalue weighted by atomic mass is 9.32. The third-order valence-corrected chi connectivity index (χ3v) is 13.3. The first-order valence-corrected chi connectivity index (χ1v) is 14.0. The van der Waals surface area contributed by atoms with Gasteiger partial charge in [-0.15, -0.1) is 0 Å². The highest BCUT2D eigenvalue weighted by Gasteiger charge is 2.72. The number of rotatable bonds is 1. The number of aliphatic hydroxyl groups is 3. The molecular formula is C30H48O5. The lowest BCUT2D eigenvalue weighted by molar-refractivity contribution is -0.250. The molecule has 0 aromatic rings. The second-order valence-electron chi connectivity index (χ2n) is 14.9. The van der Waals surface area contributed by atoms with E-state index >= 15 is 0 Å². The average Bonchev–Trinajstić information content (AvgIpc) is 2.75. The van der Waals surface area contributed by atoms with Gasteiger partial charge in [-0.25, -0.2) is 0 Å². The van der Waals surface area contributed by atoms with Crippen molar-refractivity contribution in [3.8, 4) is 0 Å². The summed E-state index contributed by atoms with van der Waals surface area (Å²) in [5, 5.41) is 44.9. The van der Waals surface area contributed by atoms with Crippen LogP contribution in [0.1, 0.15) is 99.8 Å². The molecule has 0 heterocycles. The maximum atomic E-state index is 12.8. The first-order chi connectivity index (χ1) is 16.0. The molecule has 0 aromatic carbocycles. The summed E-state index contributed by atoms with van der Waals surface area (Å²) in [7, 11) is 0.